The number of aromatic nitrogens is 3. The molecule has 0 amide bonds. The number of hydrogen-bond acceptors (Lipinski definition) is 5. The first-order chi connectivity index (χ1) is 12.5. The van der Waals surface area contributed by atoms with Crippen LogP contribution in [-0.2, 0) is 0 Å². The molecule has 1 N–H and O–H groups in total. The van der Waals surface area contributed by atoms with E-state index in [2.05, 4.69) is 21.0 Å². The van der Waals surface area contributed by atoms with E-state index < -0.39 is 5.92 Å². The third kappa shape index (κ3) is 2.49. The first-order valence-corrected chi connectivity index (χ1v) is 9.07. The van der Waals surface area contributed by atoms with Crippen molar-refractivity contribution in [3.8, 4) is 6.07 Å². The highest BCUT2D eigenvalue weighted by atomic mass is 32.1. The molecule has 1 atom stereocenters. The normalized spacial score (nSPS) is 12.4. The van der Waals surface area contributed by atoms with E-state index in [-0.39, 0.29) is 5.78 Å². The summed E-state index contributed by atoms with van der Waals surface area (Å²) in [5, 5.41) is 10.7. The van der Waals surface area contributed by atoms with Crippen molar-refractivity contribution in [2.24, 2.45) is 0 Å². The van der Waals surface area contributed by atoms with Crippen LogP contribution < -0.4 is 0 Å². The van der Waals surface area contributed by atoms with Crippen molar-refractivity contribution in [1.29, 1.82) is 5.26 Å². The van der Waals surface area contributed by atoms with Gasteiger partial charge in [0.15, 0.2) is 11.7 Å². The number of aromatic amines is 1. The number of hydrogen-bond donors (Lipinski definition) is 1. The molecule has 0 aliphatic rings. The number of fused-ring (bicyclic) bond motifs is 2. The average Bonchev–Trinajstić information content (AvgIpc) is 3.16. The number of nitrogens with one attached hydrogen (secondary N) is 1. The smallest absolute Gasteiger partial charge is 0.197 e. The van der Waals surface area contributed by atoms with Gasteiger partial charge in [-0.3, -0.25) is 4.79 Å². The SMILES string of the molecule is Cc1cc(C)c2c(C)c(C(=O)C(C#N)c3nc4ccccc4[nH]3)sc2n1. The Hall–Kier alpha value is -3.04. The number of Topliss-reactive ketones (excluding diaryl/α,β-unsaturated/α-hetero) is 1. The monoisotopic (exact) mass is 360 g/mol. The molecular weight excluding hydrogens is 344 g/mol. The molecule has 0 spiro atoms. The van der Waals surface area contributed by atoms with E-state index in [4.69, 9.17) is 0 Å². The lowest BCUT2D eigenvalue weighted by Crippen LogP contribution is -2.12. The Bertz CT molecular complexity index is 1180. The van der Waals surface area contributed by atoms with Crippen molar-refractivity contribution in [2.45, 2.75) is 26.7 Å². The number of para-hydroxylation sites is 2. The molecule has 3 aromatic heterocycles. The number of rotatable bonds is 3. The fraction of sp³-hybridized carbons (Fsp3) is 0.200. The zero-order valence-electron chi connectivity index (χ0n) is 14.6. The van der Waals surface area contributed by atoms with Gasteiger partial charge in [0.2, 0.25) is 0 Å². The molecule has 1 unspecified atom stereocenters. The van der Waals surface area contributed by atoms with E-state index in [1.165, 1.54) is 11.3 Å². The van der Waals surface area contributed by atoms with Gasteiger partial charge in [-0.15, -0.1) is 11.3 Å². The number of ketones is 1. The zero-order valence-corrected chi connectivity index (χ0v) is 15.4. The van der Waals surface area contributed by atoms with Crippen molar-refractivity contribution in [3.05, 3.63) is 57.9 Å². The Morgan fingerprint density at radius 1 is 1.23 bits per heavy atom. The minimum Gasteiger partial charge on any atom is -0.340 e. The molecule has 1 aromatic carbocycles. The van der Waals surface area contributed by atoms with Crippen molar-refractivity contribution < 1.29 is 4.79 Å². The molecule has 26 heavy (non-hydrogen) atoms. The van der Waals surface area contributed by atoms with Crippen LogP contribution in [0, 0.1) is 32.1 Å². The van der Waals surface area contributed by atoms with Crippen LogP contribution in [0.25, 0.3) is 21.3 Å². The van der Waals surface area contributed by atoms with Gasteiger partial charge in [-0.2, -0.15) is 5.26 Å². The van der Waals surface area contributed by atoms with Crippen LogP contribution in [-0.4, -0.2) is 20.7 Å². The molecule has 0 fully saturated rings. The van der Waals surface area contributed by atoms with Gasteiger partial charge in [0, 0.05) is 11.1 Å². The topological polar surface area (TPSA) is 82.4 Å². The summed E-state index contributed by atoms with van der Waals surface area (Å²) in [5.41, 5.74) is 4.46. The Labute approximate surface area is 154 Å². The maximum absolute atomic E-state index is 13.1. The molecule has 0 aliphatic carbocycles. The first kappa shape index (κ1) is 16.4. The van der Waals surface area contributed by atoms with Gasteiger partial charge < -0.3 is 4.98 Å². The minimum absolute atomic E-state index is 0.232. The summed E-state index contributed by atoms with van der Waals surface area (Å²) in [6.45, 7) is 5.88. The van der Waals surface area contributed by atoms with E-state index in [0.29, 0.717) is 10.7 Å². The fourth-order valence-electron chi connectivity index (χ4n) is 3.34. The number of nitrogens with zero attached hydrogens (tertiary/aromatic N) is 3. The van der Waals surface area contributed by atoms with E-state index in [1.807, 2.05) is 51.1 Å². The second kappa shape index (κ2) is 6.04. The second-order valence-electron chi connectivity index (χ2n) is 6.38. The van der Waals surface area contributed by atoms with Crippen LogP contribution in [0.15, 0.2) is 30.3 Å². The van der Waals surface area contributed by atoms with Gasteiger partial charge in [0.05, 0.1) is 22.0 Å². The number of pyridine rings is 1. The first-order valence-electron chi connectivity index (χ1n) is 8.25. The van der Waals surface area contributed by atoms with Gasteiger partial charge >= 0.3 is 0 Å². The van der Waals surface area contributed by atoms with Gasteiger partial charge in [-0.1, -0.05) is 12.1 Å². The number of imidazole rings is 1. The number of H-pyrrole nitrogens is 1. The van der Waals surface area contributed by atoms with Gasteiger partial charge in [0.1, 0.15) is 10.7 Å². The molecule has 3 heterocycles. The lowest BCUT2D eigenvalue weighted by atomic mass is 10.00. The summed E-state index contributed by atoms with van der Waals surface area (Å²) >= 11 is 1.35. The van der Waals surface area contributed by atoms with Crippen molar-refractivity contribution >= 4 is 38.4 Å². The molecule has 0 saturated carbocycles. The van der Waals surface area contributed by atoms with Crippen molar-refractivity contribution in [1.82, 2.24) is 15.0 Å². The van der Waals surface area contributed by atoms with Crippen LogP contribution >= 0.6 is 11.3 Å². The molecule has 4 rings (SSSR count). The largest absolute Gasteiger partial charge is 0.340 e. The highest BCUT2D eigenvalue weighted by molar-refractivity contribution is 7.20. The number of benzene rings is 1. The molecule has 0 bridgehead atoms. The molecule has 0 radical (unpaired) electrons. The quantitative estimate of drug-likeness (QED) is 0.542. The van der Waals surface area contributed by atoms with Crippen LogP contribution in [0.1, 0.15) is 38.2 Å². The van der Waals surface area contributed by atoms with Gasteiger partial charge in [-0.25, -0.2) is 9.97 Å². The summed E-state index contributed by atoms with van der Waals surface area (Å²) in [6, 6.07) is 11.6. The van der Waals surface area contributed by atoms with E-state index in [9.17, 15) is 10.1 Å². The van der Waals surface area contributed by atoms with Crippen LogP contribution in [0.4, 0.5) is 0 Å². The maximum atomic E-state index is 13.1. The second-order valence-corrected chi connectivity index (χ2v) is 7.38. The maximum Gasteiger partial charge on any atom is 0.197 e. The third-order valence-electron chi connectivity index (χ3n) is 4.52. The summed E-state index contributed by atoms with van der Waals surface area (Å²) < 4.78 is 0. The van der Waals surface area contributed by atoms with Gasteiger partial charge in [0.25, 0.3) is 0 Å². The summed E-state index contributed by atoms with van der Waals surface area (Å²) in [5.74, 6) is -0.809. The molecule has 6 heteroatoms. The van der Waals surface area contributed by atoms with E-state index in [0.717, 1.165) is 38.1 Å². The summed E-state index contributed by atoms with van der Waals surface area (Å²) in [4.78, 5) is 26.6. The van der Waals surface area contributed by atoms with Gasteiger partial charge in [-0.05, 0) is 50.1 Å². The lowest BCUT2D eigenvalue weighted by molar-refractivity contribution is 0.0980. The predicted octanol–water partition coefficient (Wildman–Crippen LogP) is 4.59. The zero-order chi connectivity index (χ0) is 18.4. The Morgan fingerprint density at radius 3 is 2.73 bits per heavy atom. The van der Waals surface area contributed by atoms with E-state index in [1.54, 1.807) is 0 Å². The summed E-state index contributed by atoms with van der Waals surface area (Å²) in [7, 11) is 0. The highest BCUT2D eigenvalue weighted by Crippen LogP contribution is 2.35. The molecule has 128 valence electrons. The summed E-state index contributed by atoms with van der Waals surface area (Å²) in [6.07, 6.45) is 0. The number of carbonyl (C=O) groups excluding carboxylic acids is 1. The van der Waals surface area contributed by atoms with E-state index >= 15 is 0 Å². The molecule has 5 nitrogen and oxygen atoms in total. The average molecular weight is 360 g/mol. The predicted molar refractivity (Wildman–Crippen MR) is 103 cm³/mol. The van der Waals surface area contributed by atoms with Crippen LogP contribution in [0.3, 0.4) is 0 Å². The molecule has 0 saturated heterocycles. The van der Waals surface area contributed by atoms with Crippen molar-refractivity contribution in [2.75, 3.05) is 0 Å². The number of aryl methyl sites for hydroxylation is 3. The van der Waals surface area contributed by atoms with Crippen molar-refractivity contribution in [3.63, 3.8) is 0 Å². The highest BCUT2D eigenvalue weighted by Gasteiger charge is 2.29. The molecule has 4 aromatic rings. The minimum atomic E-state index is -0.962. The molecule has 0 aliphatic heterocycles. The Balaban J connectivity index is 1.83. The fourth-order valence-corrected chi connectivity index (χ4v) is 4.61. The molecular formula is C20H16N4OS. The number of nitriles is 1. The Kier molecular flexibility index (Phi) is 3.82. The number of thiophene rings is 1. The van der Waals surface area contributed by atoms with Crippen LogP contribution in [0.2, 0.25) is 0 Å². The Morgan fingerprint density at radius 2 is 2.00 bits per heavy atom. The lowest BCUT2D eigenvalue weighted by Gasteiger charge is -2.04. The van der Waals surface area contributed by atoms with Crippen LogP contribution in [0.5, 0.6) is 0 Å². The number of carbonyl (C=O) groups is 1. The third-order valence-corrected chi connectivity index (χ3v) is 5.72. The standard InChI is InChI=1S/C20H16N4OS/c1-10-8-11(2)22-20-16(10)12(3)18(26-20)17(25)13(9-21)19-23-14-6-4-5-7-15(14)24-19/h4-8,13H,1-3H3,(H,23,24).